The summed E-state index contributed by atoms with van der Waals surface area (Å²) in [6, 6.07) is 0. The molecule has 0 aliphatic heterocycles. The zero-order valence-electron chi connectivity index (χ0n) is 43.8. The van der Waals surface area contributed by atoms with Crippen LogP contribution in [-0.2, 0) is 19.1 Å². The van der Waals surface area contributed by atoms with Gasteiger partial charge in [0.2, 0.25) is 0 Å². The van der Waals surface area contributed by atoms with Crippen LogP contribution in [0.25, 0.3) is 0 Å². The molecule has 0 bridgehead atoms. The van der Waals surface area contributed by atoms with E-state index in [1.807, 2.05) is 0 Å². The normalized spacial score (nSPS) is 12.0. The summed E-state index contributed by atoms with van der Waals surface area (Å²) in [5, 5.41) is 9.66. The minimum Gasteiger partial charge on any atom is -0.462 e. The van der Waals surface area contributed by atoms with Crippen molar-refractivity contribution in [2.75, 3.05) is 13.2 Å². The maximum atomic E-state index is 12.3. The topological polar surface area (TPSA) is 72.8 Å². The molecule has 0 aromatic carbocycles. The Morgan fingerprint density at radius 2 is 0.484 bits per heavy atom. The summed E-state index contributed by atoms with van der Waals surface area (Å²) < 4.78 is 10.7. The maximum Gasteiger partial charge on any atom is 0.306 e. The fourth-order valence-corrected chi connectivity index (χ4v) is 9.44. The fraction of sp³-hybridized carbons (Fsp3) is 0.966. The molecule has 0 saturated carbocycles. The predicted octanol–water partition coefficient (Wildman–Crippen LogP) is 19.8. The lowest BCUT2D eigenvalue weighted by Gasteiger charge is -2.15. The number of hydrogen-bond donors (Lipinski definition) is 1. The largest absolute Gasteiger partial charge is 0.462 e. The van der Waals surface area contributed by atoms with E-state index in [1.54, 1.807) is 0 Å². The second kappa shape index (κ2) is 56.2. The van der Waals surface area contributed by atoms with E-state index in [9.17, 15) is 14.7 Å². The fourth-order valence-electron chi connectivity index (χ4n) is 9.44. The van der Waals surface area contributed by atoms with Crippen LogP contribution in [0.1, 0.15) is 348 Å². The number of carbonyl (C=O) groups is 2. The molecular weight excluding hydrogens is 789 g/mol. The molecule has 5 nitrogen and oxygen atoms in total. The van der Waals surface area contributed by atoms with Crippen LogP contribution in [0.3, 0.4) is 0 Å². The lowest BCUT2D eigenvalue weighted by molar-refractivity contribution is -0.161. The van der Waals surface area contributed by atoms with Crippen molar-refractivity contribution in [2.24, 2.45) is 0 Å². The van der Waals surface area contributed by atoms with Crippen molar-refractivity contribution in [1.82, 2.24) is 0 Å². The molecule has 1 atom stereocenters. The Bertz CT molecular complexity index is 891. The Labute approximate surface area is 401 Å². The molecule has 382 valence electrons. The molecule has 0 fully saturated rings. The van der Waals surface area contributed by atoms with Crippen molar-refractivity contribution in [3.05, 3.63) is 0 Å². The minimum atomic E-state index is -0.764. The Balaban J connectivity index is 3.38. The number of hydrogen-bond acceptors (Lipinski definition) is 5. The van der Waals surface area contributed by atoms with Crippen LogP contribution in [0.5, 0.6) is 0 Å². The molecule has 0 aromatic heterocycles. The third-order valence-electron chi connectivity index (χ3n) is 13.9. The van der Waals surface area contributed by atoms with Crippen LogP contribution in [0.4, 0.5) is 0 Å². The average molecular weight is 906 g/mol. The van der Waals surface area contributed by atoms with Gasteiger partial charge in [-0.1, -0.05) is 322 Å². The monoisotopic (exact) mass is 905 g/mol. The summed E-state index contributed by atoms with van der Waals surface area (Å²) >= 11 is 0. The van der Waals surface area contributed by atoms with Gasteiger partial charge in [0.1, 0.15) is 6.61 Å². The van der Waals surface area contributed by atoms with Crippen molar-refractivity contribution in [3.63, 3.8) is 0 Å². The molecule has 0 aliphatic carbocycles. The van der Waals surface area contributed by atoms with Gasteiger partial charge < -0.3 is 14.6 Å². The number of unbranched alkanes of at least 4 members (excludes halogenated alkanes) is 48. The van der Waals surface area contributed by atoms with Crippen molar-refractivity contribution < 1.29 is 24.2 Å². The van der Waals surface area contributed by atoms with E-state index in [0.29, 0.717) is 12.8 Å². The second-order valence-corrected chi connectivity index (χ2v) is 20.4. The van der Waals surface area contributed by atoms with E-state index in [-0.39, 0.29) is 25.2 Å². The van der Waals surface area contributed by atoms with E-state index in [2.05, 4.69) is 13.8 Å². The first-order valence-corrected chi connectivity index (χ1v) is 29.6. The van der Waals surface area contributed by atoms with Crippen LogP contribution < -0.4 is 0 Å². The smallest absolute Gasteiger partial charge is 0.306 e. The summed E-state index contributed by atoms with van der Waals surface area (Å²) in [6.07, 6.45) is 68.1. The van der Waals surface area contributed by atoms with Gasteiger partial charge in [-0.25, -0.2) is 0 Å². The molecule has 0 aliphatic rings. The zero-order chi connectivity index (χ0) is 46.3. The number of aliphatic hydroxyl groups is 1. The molecule has 64 heavy (non-hydrogen) atoms. The van der Waals surface area contributed by atoms with Crippen LogP contribution in [-0.4, -0.2) is 36.4 Å². The Morgan fingerprint density at radius 3 is 0.688 bits per heavy atom. The summed E-state index contributed by atoms with van der Waals surface area (Å²) in [4.78, 5) is 24.5. The SMILES string of the molecule is CCCCCCCCCCCCCCCCCCCCCCCCCCCCCCC(=O)OC(CO)COC(=O)CCCCCCCCCCCCCCCCCCCCCCCC. The lowest BCUT2D eigenvalue weighted by atomic mass is 10.0. The van der Waals surface area contributed by atoms with Crippen molar-refractivity contribution in [3.8, 4) is 0 Å². The van der Waals surface area contributed by atoms with Gasteiger partial charge >= 0.3 is 11.9 Å². The lowest BCUT2D eigenvalue weighted by Crippen LogP contribution is -2.28. The molecule has 0 rings (SSSR count). The van der Waals surface area contributed by atoms with Crippen LogP contribution in [0.2, 0.25) is 0 Å². The van der Waals surface area contributed by atoms with Gasteiger partial charge in [0.15, 0.2) is 6.10 Å². The summed E-state index contributed by atoms with van der Waals surface area (Å²) in [5.74, 6) is -0.562. The maximum absolute atomic E-state index is 12.3. The predicted molar refractivity (Wildman–Crippen MR) is 279 cm³/mol. The highest BCUT2D eigenvalue weighted by Crippen LogP contribution is 2.19. The van der Waals surface area contributed by atoms with Gasteiger partial charge in [0.25, 0.3) is 0 Å². The highest BCUT2D eigenvalue weighted by atomic mass is 16.6. The molecular formula is C59H116O5. The van der Waals surface area contributed by atoms with Gasteiger partial charge in [0, 0.05) is 12.8 Å². The van der Waals surface area contributed by atoms with E-state index in [4.69, 9.17) is 9.47 Å². The first-order valence-electron chi connectivity index (χ1n) is 29.6. The molecule has 0 saturated heterocycles. The molecule has 0 heterocycles. The van der Waals surface area contributed by atoms with Gasteiger partial charge in [-0.05, 0) is 12.8 Å². The molecule has 5 heteroatoms. The standard InChI is InChI=1S/C59H116O5/c1-3-5-7-9-11-13-15-17-19-21-23-25-27-28-29-30-31-32-34-36-38-40-42-44-46-48-50-52-54-59(62)64-57(55-60)56-63-58(61)53-51-49-47-45-43-41-39-37-35-33-26-24-22-20-18-16-14-12-10-8-6-4-2/h57,60H,3-56H2,1-2H3. The molecule has 0 aromatic rings. The molecule has 0 spiro atoms. The highest BCUT2D eigenvalue weighted by molar-refractivity contribution is 5.70. The average Bonchev–Trinajstić information content (AvgIpc) is 3.30. The molecule has 1 unspecified atom stereocenters. The number of aliphatic hydroxyl groups excluding tert-OH is 1. The Morgan fingerprint density at radius 1 is 0.297 bits per heavy atom. The number of ether oxygens (including phenoxy) is 2. The third-order valence-corrected chi connectivity index (χ3v) is 13.9. The summed E-state index contributed by atoms with van der Waals surface area (Å²) in [5.41, 5.74) is 0. The van der Waals surface area contributed by atoms with Gasteiger partial charge in [-0.15, -0.1) is 0 Å². The molecule has 0 radical (unpaired) electrons. The van der Waals surface area contributed by atoms with Gasteiger partial charge in [-0.2, -0.15) is 0 Å². The van der Waals surface area contributed by atoms with E-state index in [1.165, 1.54) is 289 Å². The van der Waals surface area contributed by atoms with E-state index in [0.717, 1.165) is 32.1 Å². The summed E-state index contributed by atoms with van der Waals surface area (Å²) in [7, 11) is 0. The molecule has 1 N–H and O–H groups in total. The zero-order valence-corrected chi connectivity index (χ0v) is 43.8. The van der Waals surface area contributed by atoms with Crippen LogP contribution >= 0.6 is 0 Å². The van der Waals surface area contributed by atoms with Crippen molar-refractivity contribution >= 4 is 11.9 Å². The van der Waals surface area contributed by atoms with Gasteiger partial charge in [0.05, 0.1) is 6.61 Å². The Kier molecular flexibility index (Phi) is 55.3. The van der Waals surface area contributed by atoms with E-state index >= 15 is 0 Å². The first kappa shape index (κ1) is 62.9. The van der Waals surface area contributed by atoms with Crippen LogP contribution in [0.15, 0.2) is 0 Å². The highest BCUT2D eigenvalue weighted by Gasteiger charge is 2.16. The second-order valence-electron chi connectivity index (χ2n) is 20.4. The number of esters is 2. The minimum absolute atomic E-state index is 0.0556. The van der Waals surface area contributed by atoms with Gasteiger partial charge in [-0.3, -0.25) is 9.59 Å². The van der Waals surface area contributed by atoms with Crippen molar-refractivity contribution in [2.45, 2.75) is 354 Å². The van der Waals surface area contributed by atoms with E-state index < -0.39 is 6.10 Å². The first-order chi connectivity index (χ1) is 31.6. The number of carbonyl (C=O) groups excluding carboxylic acids is 2. The Hall–Kier alpha value is -1.10. The quantitative estimate of drug-likeness (QED) is 0.0486. The molecule has 0 amide bonds. The number of rotatable bonds is 56. The third kappa shape index (κ3) is 53.5. The summed E-state index contributed by atoms with van der Waals surface area (Å²) in [6.45, 7) is 4.21. The van der Waals surface area contributed by atoms with Crippen LogP contribution in [0, 0.1) is 0 Å². The van der Waals surface area contributed by atoms with Crippen molar-refractivity contribution in [1.29, 1.82) is 0 Å².